The lowest BCUT2D eigenvalue weighted by Crippen LogP contribution is -2.43. The number of nitrogens with one attached hydrogen (secondary N) is 1. The predicted octanol–water partition coefficient (Wildman–Crippen LogP) is 1.68. The van der Waals surface area contributed by atoms with Crippen LogP contribution < -0.4 is 10.1 Å². The Morgan fingerprint density at radius 2 is 2.10 bits per heavy atom. The van der Waals surface area contributed by atoms with Crippen LogP contribution >= 0.6 is 0 Å². The van der Waals surface area contributed by atoms with E-state index in [9.17, 15) is 9.59 Å². The second-order valence-electron chi connectivity index (χ2n) is 5.51. The topological polar surface area (TPSA) is 75.6 Å². The van der Waals surface area contributed by atoms with Crippen LogP contribution in [0.15, 0.2) is 24.3 Å². The Labute approximate surface area is 116 Å². The molecular formula is C15H17NO4. The fraction of sp³-hybridized carbons (Fsp3) is 0.467. The zero-order valence-corrected chi connectivity index (χ0v) is 11.1. The number of rotatable bonds is 4. The third-order valence-corrected chi connectivity index (χ3v) is 4.05. The van der Waals surface area contributed by atoms with E-state index in [4.69, 9.17) is 9.84 Å². The van der Waals surface area contributed by atoms with Gasteiger partial charge in [0.25, 0.3) is 0 Å². The second-order valence-corrected chi connectivity index (χ2v) is 5.51. The first-order chi connectivity index (χ1) is 9.61. The van der Waals surface area contributed by atoms with Crippen LogP contribution in [0.2, 0.25) is 0 Å². The molecule has 0 spiro atoms. The van der Waals surface area contributed by atoms with Crippen molar-refractivity contribution in [3.63, 3.8) is 0 Å². The van der Waals surface area contributed by atoms with Crippen LogP contribution in [0, 0.1) is 0 Å². The molecule has 1 saturated carbocycles. The minimum absolute atomic E-state index is 0.101. The zero-order chi connectivity index (χ0) is 14.2. The smallest absolute Gasteiger partial charge is 0.329 e. The molecule has 1 aromatic rings. The molecule has 0 aromatic heterocycles. The monoisotopic (exact) mass is 275 g/mol. The Morgan fingerprint density at radius 3 is 2.80 bits per heavy atom. The van der Waals surface area contributed by atoms with Crippen molar-refractivity contribution in [1.29, 1.82) is 0 Å². The van der Waals surface area contributed by atoms with Gasteiger partial charge in [0.2, 0.25) is 5.91 Å². The van der Waals surface area contributed by atoms with E-state index in [0.717, 1.165) is 17.7 Å². The highest BCUT2D eigenvalue weighted by Gasteiger charge is 2.51. The first-order valence-electron chi connectivity index (χ1n) is 6.87. The van der Waals surface area contributed by atoms with Gasteiger partial charge in [0.15, 0.2) is 0 Å². The van der Waals surface area contributed by atoms with Gasteiger partial charge in [0.1, 0.15) is 11.3 Å². The van der Waals surface area contributed by atoms with Gasteiger partial charge in [-0.2, -0.15) is 0 Å². The molecule has 3 rings (SSSR count). The Morgan fingerprint density at radius 1 is 1.35 bits per heavy atom. The Hall–Kier alpha value is -2.04. The van der Waals surface area contributed by atoms with E-state index in [1.54, 1.807) is 0 Å². The minimum Gasteiger partial charge on any atom is -0.493 e. The standard InChI is InChI=1S/C15H17NO4/c17-13(16-15(6-7-15)14(18)19)9-10-5-8-20-12-4-2-1-3-11(10)12/h1-4,10H,5-9H2,(H,16,17)(H,18,19)/t10-/m1/s1. The van der Waals surface area contributed by atoms with Crippen LogP contribution in [0.1, 0.15) is 37.2 Å². The molecule has 20 heavy (non-hydrogen) atoms. The van der Waals surface area contributed by atoms with Crippen LogP contribution in [0.5, 0.6) is 5.75 Å². The highest BCUT2D eigenvalue weighted by molar-refractivity contribution is 5.89. The maximum absolute atomic E-state index is 12.1. The van der Waals surface area contributed by atoms with Crippen molar-refractivity contribution < 1.29 is 19.4 Å². The molecule has 1 heterocycles. The van der Waals surface area contributed by atoms with Crippen LogP contribution in [-0.4, -0.2) is 29.1 Å². The lowest BCUT2D eigenvalue weighted by atomic mass is 9.90. The Balaban J connectivity index is 1.67. The van der Waals surface area contributed by atoms with Crippen molar-refractivity contribution in [2.24, 2.45) is 0 Å². The molecule has 1 aliphatic heterocycles. The summed E-state index contributed by atoms with van der Waals surface area (Å²) >= 11 is 0. The summed E-state index contributed by atoms with van der Waals surface area (Å²) in [4.78, 5) is 23.1. The van der Waals surface area contributed by atoms with Gasteiger partial charge in [-0.25, -0.2) is 4.79 Å². The number of hydrogen-bond acceptors (Lipinski definition) is 3. The van der Waals surface area contributed by atoms with Gasteiger partial charge in [0.05, 0.1) is 6.61 Å². The van der Waals surface area contributed by atoms with Crippen LogP contribution in [0.4, 0.5) is 0 Å². The van der Waals surface area contributed by atoms with Crippen molar-refractivity contribution in [2.45, 2.75) is 37.1 Å². The fourth-order valence-electron chi connectivity index (χ4n) is 2.69. The molecule has 1 atom stereocenters. The Kier molecular flexibility index (Phi) is 3.12. The number of benzene rings is 1. The van der Waals surface area contributed by atoms with E-state index in [2.05, 4.69) is 5.32 Å². The molecule has 1 fully saturated rings. The van der Waals surface area contributed by atoms with Crippen molar-refractivity contribution >= 4 is 11.9 Å². The fourth-order valence-corrected chi connectivity index (χ4v) is 2.69. The normalized spacial score (nSPS) is 22.3. The predicted molar refractivity (Wildman–Crippen MR) is 71.7 cm³/mol. The third kappa shape index (κ3) is 2.35. The number of carboxylic acids is 1. The van der Waals surface area contributed by atoms with E-state index < -0.39 is 11.5 Å². The van der Waals surface area contributed by atoms with Crippen molar-refractivity contribution in [3.05, 3.63) is 29.8 Å². The average molecular weight is 275 g/mol. The van der Waals surface area contributed by atoms with Crippen LogP contribution in [0.25, 0.3) is 0 Å². The SMILES string of the molecule is O=C(C[C@H]1CCOc2ccccc21)NC1(C(=O)O)CC1. The molecule has 1 aliphatic carbocycles. The van der Waals surface area contributed by atoms with Crippen molar-refractivity contribution in [3.8, 4) is 5.75 Å². The number of carboxylic acid groups (broad SMARTS) is 1. The lowest BCUT2D eigenvalue weighted by Gasteiger charge is -2.26. The van der Waals surface area contributed by atoms with E-state index in [0.29, 0.717) is 25.9 Å². The second kappa shape index (κ2) is 4.81. The van der Waals surface area contributed by atoms with E-state index >= 15 is 0 Å². The number of carbonyl (C=O) groups is 2. The maximum Gasteiger partial charge on any atom is 0.329 e. The molecule has 106 valence electrons. The molecule has 2 N–H and O–H groups in total. The lowest BCUT2D eigenvalue weighted by molar-refractivity contribution is -0.143. The van der Waals surface area contributed by atoms with Gasteiger partial charge < -0.3 is 15.2 Å². The number of ether oxygens (including phenoxy) is 1. The summed E-state index contributed by atoms with van der Waals surface area (Å²) in [5.74, 6) is -0.190. The zero-order valence-electron chi connectivity index (χ0n) is 11.1. The van der Waals surface area contributed by atoms with E-state index in [1.165, 1.54) is 0 Å². The summed E-state index contributed by atoms with van der Waals surface area (Å²) in [6.07, 6.45) is 2.15. The number of amides is 1. The Bertz CT molecular complexity index is 551. The summed E-state index contributed by atoms with van der Waals surface area (Å²) in [6, 6.07) is 7.71. The molecule has 0 radical (unpaired) electrons. The number of para-hydroxylation sites is 1. The van der Waals surface area contributed by atoms with Crippen molar-refractivity contribution in [1.82, 2.24) is 5.32 Å². The summed E-state index contributed by atoms with van der Waals surface area (Å²) in [6.45, 7) is 0.596. The summed E-state index contributed by atoms with van der Waals surface area (Å²) in [5.41, 5.74) is 0.0379. The number of fused-ring (bicyclic) bond motifs is 1. The molecule has 2 aliphatic rings. The van der Waals surface area contributed by atoms with Crippen LogP contribution in [-0.2, 0) is 9.59 Å². The van der Waals surface area contributed by atoms with Gasteiger partial charge in [-0.15, -0.1) is 0 Å². The summed E-state index contributed by atoms with van der Waals surface area (Å²) in [5, 5.41) is 11.7. The van der Waals surface area contributed by atoms with Gasteiger partial charge in [-0.05, 0) is 36.8 Å². The van der Waals surface area contributed by atoms with Gasteiger partial charge in [-0.3, -0.25) is 4.79 Å². The first kappa shape index (κ1) is 13.0. The molecule has 5 nitrogen and oxygen atoms in total. The number of aliphatic carboxylic acids is 1. The molecule has 1 amide bonds. The van der Waals surface area contributed by atoms with Gasteiger partial charge in [-0.1, -0.05) is 18.2 Å². The highest BCUT2D eigenvalue weighted by Crippen LogP contribution is 2.38. The highest BCUT2D eigenvalue weighted by atomic mass is 16.5. The number of carbonyl (C=O) groups excluding carboxylic acids is 1. The maximum atomic E-state index is 12.1. The number of hydrogen-bond donors (Lipinski definition) is 2. The molecule has 0 saturated heterocycles. The quantitative estimate of drug-likeness (QED) is 0.876. The van der Waals surface area contributed by atoms with Crippen molar-refractivity contribution in [2.75, 3.05) is 6.61 Å². The van der Waals surface area contributed by atoms with E-state index in [1.807, 2.05) is 24.3 Å². The average Bonchev–Trinajstić information content (AvgIpc) is 3.20. The molecular weight excluding hydrogens is 258 g/mol. The minimum atomic E-state index is -0.998. The largest absolute Gasteiger partial charge is 0.493 e. The molecule has 0 unspecified atom stereocenters. The van der Waals surface area contributed by atoms with Gasteiger partial charge in [0, 0.05) is 6.42 Å². The van der Waals surface area contributed by atoms with E-state index in [-0.39, 0.29) is 11.8 Å². The first-order valence-corrected chi connectivity index (χ1v) is 6.87. The van der Waals surface area contributed by atoms with Gasteiger partial charge >= 0.3 is 5.97 Å². The molecule has 0 bridgehead atoms. The third-order valence-electron chi connectivity index (χ3n) is 4.05. The summed E-state index contributed by atoms with van der Waals surface area (Å²) < 4.78 is 5.56. The molecule has 1 aromatic carbocycles. The molecule has 5 heteroatoms. The van der Waals surface area contributed by atoms with Crippen LogP contribution in [0.3, 0.4) is 0 Å². The summed E-state index contributed by atoms with van der Waals surface area (Å²) in [7, 11) is 0.